The molecule has 0 saturated carbocycles. The van der Waals surface area contributed by atoms with Crippen molar-refractivity contribution in [2.75, 3.05) is 23.1 Å². The van der Waals surface area contributed by atoms with Gasteiger partial charge in [-0.25, -0.2) is 27.3 Å². The minimum Gasteiger partial charge on any atom is -0.475 e. The fraction of sp³-hybridized carbons (Fsp3) is 0.286. The van der Waals surface area contributed by atoms with Gasteiger partial charge in [-0.2, -0.15) is 25.9 Å². The van der Waals surface area contributed by atoms with Gasteiger partial charge in [0, 0.05) is 26.2 Å². The molecule has 1 aliphatic heterocycles. The van der Waals surface area contributed by atoms with Crippen molar-refractivity contribution in [3.8, 4) is 0 Å². The molecular weight excluding hydrogens is 603 g/mol. The molecule has 19 heteroatoms. The predicted molar refractivity (Wildman–Crippen MR) is 129 cm³/mol. The van der Waals surface area contributed by atoms with Gasteiger partial charge in [0.1, 0.15) is 11.6 Å². The summed E-state index contributed by atoms with van der Waals surface area (Å²) in [7, 11) is -2.96. The van der Waals surface area contributed by atoms with Crippen molar-refractivity contribution in [1.82, 2.24) is 13.9 Å². The summed E-state index contributed by atoms with van der Waals surface area (Å²) in [6.45, 7) is -0.499. The van der Waals surface area contributed by atoms with Gasteiger partial charge in [-0.05, 0) is 18.6 Å². The first kappa shape index (κ1) is 30.9. The summed E-state index contributed by atoms with van der Waals surface area (Å²) >= 11 is 6.12. The molecule has 3 N–H and O–H groups in total. The fourth-order valence-corrected chi connectivity index (χ4v) is 4.94. The van der Waals surface area contributed by atoms with Crippen LogP contribution in [0.25, 0.3) is 10.9 Å². The Morgan fingerprint density at radius 2 is 1.80 bits per heavy atom. The number of anilines is 3. The van der Waals surface area contributed by atoms with E-state index in [1.165, 1.54) is 19.4 Å². The van der Waals surface area contributed by atoms with Crippen LogP contribution >= 0.6 is 11.6 Å². The number of carboxylic acids is 1. The predicted octanol–water partition coefficient (Wildman–Crippen LogP) is 4.08. The topological polar surface area (TPSA) is 134 Å². The zero-order chi connectivity index (χ0) is 30.2. The standard InChI is InChI=1S/C19H16ClF4N5O3S.C2HF3O2/c1-28-8-25-11-2-3-12(17(24)14(11)19(28)30)26-18-15(20)13(6-10(22)16(18)23)27-33(31,32)29-5-4-9(21)7-29;3-2(4,5)1(6)7/h2-3,6,8-9,26-27H,4-5,7H2,1H3;(H,6,7)/t9-;/m1./s1. The van der Waals surface area contributed by atoms with Gasteiger partial charge in [-0.1, -0.05) is 11.6 Å². The number of hydrogen-bond acceptors (Lipinski definition) is 6. The number of carboxylic acid groups (broad SMARTS) is 1. The molecule has 10 nitrogen and oxygen atoms in total. The van der Waals surface area contributed by atoms with Crippen LogP contribution in [0.2, 0.25) is 5.02 Å². The highest BCUT2D eigenvalue weighted by atomic mass is 35.5. The second kappa shape index (κ2) is 11.5. The molecule has 1 fully saturated rings. The molecule has 0 spiro atoms. The van der Waals surface area contributed by atoms with Gasteiger partial charge in [-0.15, -0.1) is 0 Å². The number of fused-ring (bicyclic) bond motifs is 1. The van der Waals surface area contributed by atoms with Gasteiger partial charge in [0.15, 0.2) is 17.5 Å². The van der Waals surface area contributed by atoms with Crippen molar-refractivity contribution in [1.29, 1.82) is 0 Å². The van der Waals surface area contributed by atoms with Crippen LogP contribution in [0, 0.1) is 17.5 Å². The van der Waals surface area contributed by atoms with Gasteiger partial charge in [0.2, 0.25) is 0 Å². The number of benzene rings is 2. The molecule has 0 aliphatic carbocycles. The summed E-state index contributed by atoms with van der Waals surface area (Å²) in [4.78, 5) is 25.1. The number of aromatic nitrogens is 2. The molecular formula is C21H17ClF7N5O5S. The van der Waals surface area contributed by atoms with E-state index in [0.717, 1.165) is 14.9 Å². The van der Waals surface area contributed by atoms with Gasteiger partial charge < -0.3 is 15.0 Å². The number of rotatable bonds is 5. The lowest BCUT2D eigenvalue weighted by Crippen LogP contribution is -2.34. The van der Waals surface area contributed by atoms with Crippen LogP contribution in [0.4, 0.5) is 47.8 Å². The Bertz CT molecular complexity index is 1640. The van der Waals surface area contributed by atoms with E-state index in [1.807, 2.05) is 4.72 Å². The molecule has 1 atom stereocenters. The average molecular weight is 620 g/mol. The third-order valence-corrected chi connectivity index (χ3v) is 7.24. The monoisotopic (exact) mass is 619 g/mol. The molecule has 3 aromatic rings. The number of nitrogens with zero attached hydrogens (tertiary/aromatic N) is 3. The van der Waals surface area contributed by atoms with Gasteiger partial charge >= 0.3 is 22.4 Å². The Balaban J connectivity index is 0.000000559. The zero-order valence-electron chi connectivity index (χ0n) is 19.9. The minimum atomic E-state index is -5.08. The first-order valence-corrected chi connectivity index (χ1v) is 12.6. The van der Waals surface area contributed by atoms with Crippen molar-refractivity contribution in [2.24, 2.45) is 7.05 Å². The van der Waals surface area contributed by atoms with E-state index in [4.69, 9.17) is 21.5 Å². The molecule has 40 heavy (non-hydrogen) atoms. The summed E-state index contributed by atoms with van der Waals surface area (Å²) in [6.07, 6.45) is -5.24. The van der Waals surface area contributed by atoms with E-state index in [1.54, 1.807) is 0 Å². The maximum atomic E-state index is 15.0. The Kier molecular flexibility index (Phi) is 8.85. The summed E-state index contributed by atoms with van der Waals surface area (Å²) in [5.74, 6) is -6.84. The van der Waals surface area contributed by atoms with E-state index in [9.17, 15) is 39.6 Å². The molecule has 1 aromatic heterocycles. The number of alkyl halides is 4. The third-order valence-electron chi connectivity index (χ3n) is 5.35. The van der Waals surface area contributed by atoms with E-state index in [2.05, 4.69) is 10.3 Å². The van der Waals surface area contributed by atoms with Crippen LogP contribution in [0.3, 0.4) is 0 Å². The smallest absolute Gasteiger partial charge is 0.475 e. The number of hydrogen-bond donors (Lipinski definition) is 3. The molecule has 4 rings (SSSR count). The maximum absolute atomic E-state index is 15.0. The van der Waals surface area contributed by atoms with Crippen LogP contribution in [0.5, 0.6) is 0 Å². The second-order valence-electron chi connectivity index (χ2n) is 8.17. The van der Waals surface area contributed by atoms with Crippen LogP contribution in [-0.2, 0) is 22.1 Å². The van der Waals surface area contributed by atoms with Crippen LogP contribution < -0.4 is 15.6 Å². The minimum absolute atomic E-state index is 0.00517. The lowest BCUT2D eigenvalue weighted by molar-refractivity contribution is -0.192. The molecule has 0 unspecified atom stereocenters. The first-order chi connectivity index (χ1) is 18.4. The fourth-order valence-electron chi connectivity index (χ4n) is 3.38. The van der Waals surface area contributed by atoms with E-state index in [-0.39, 0.29) is 18.5 Å². The molecule has 2 aromatic carbocycles. The number of aryl methyl sites for hydroxylation is 1. The molecule has 0 amide bonds. The average Bonchev–Trinajstić information content (AvgIpc) is 3.30. The van der Waals surface area contributed by atoms with Crippen LogP contribution in [0.15, 0.2) is 29.3 Å². The highest BCUT2D eigenvalue weighted by Gasteiger charge is 2.38. The first-order valence-electron chi connectivity index (χ1n) is 10.7. The highest BCUT2D eigenvalue weighted by Crippen LogP contribution is 2.38. The number of halogens is 8. The summed E-state index contributed by atoms with van der Waals surface area (Å²) in [6, 6.07) is 2.94. The van der Waals surface area contributed by atoms with Gasteiger partial charge in [0.25, 0.3) is 5.56 Å². The molecule has 1 saturated heterocycles. The Morgan fingerprint density at radius 1 is 1.18 bits per heavy atom. The zero-order valence-corrected chi connectivity index (χ0v) is 21.4. The van der Waals surface area contributed by atoms with Gasteiger partial charge in [-0.3, -0.25) is 9.52 Å². The normalized spacial score (nSPS) is 16.0. The highest BCUT2D eigenvalue weighted by molar-refractivity contribution is 7.90. The van der Waals surface area contributed by atoms with Crippen LogP contribution in [-0.4, -0.2) is 58.8 Å². The van der Waals surface area contributed by atoms with Crippen molar-refractivity contribution in [2.45, 2.75) is 18.8 Å². The maximum Gasteiger partial charge on any atom is 0.490 e. The second-order valence-corrected chi connectivity index (χ2v) is 10.2. The van der Waals surface area contributed by atoms with Crippen molar-refractivity contribution in [3.63, 3.8) is 0 Å². The Labute approximate surface area is 225 Å². The lowest BCUT2D eigenvalue weighted by atomic mass is 10.2. The molecule has 0 radical (unpaired) electrons. The summed E-state index contributed by atoms with van der Waals surface area (Å²) in [5.41, 5.74) is -2.40. The Morgan fingerprint density at radius 3 is 2.35 bits per heavy atom. The molecule has 0 bridgehead atoms. The molecule has 2 heterocycles. The SMILES string of the molecule is Cn1cnc2ccc(Nc3c(F)c(F)cc(NS(=O)(=O)N4CC[C@@H](F)C4)c3Cl)c(F)c2c1=O.O=C(O)C(F)(F)F. The lowest BCUT2D eigenvalue weighted by Gasteiger charge is -2.19. The van der Waals surface area contributed by atoms with Crippen molar-refractivity contribution < 1.29 is 49.1 Å². The summed E-state index contributed by atoms with van der Waals surface area (Å²) in [5, 5.41) is 8.41. The third kappa shape index (κ3) is 6.56. The number of nitrogens with one attached hydrogen (secondary N) is 2. The quantitative estimate of drug-likeness (QED) is 0.290. The van der Waals surface area contributed by atoms with E-state index < -0.39 is 85.6 Å². The molecule has 218 valence electrons. The van der Waals surface area contributed by atoms with E-state index >= 15 is 4.39 Å². The van der Waals surface area contributed by atoms with Gasteiger partial charge in [0.05, 0.1) is 33.9 Å². The largest absolute Gasteiger partial charge is 0.490 e. The Hall–Kier alpha value is -3.64. The van der Waals surface area contributed by atoms with Crippen molar-refractivity contribution in [3.05, 3.63) is 57.4 Å². The number of carbonyl (C=O) groups is 1. The van der Waals surface area contributed by atoms with Crippen molar-refractivity contribution >= 4 is 55.7 Å². The van der Waals surface area contributed by atoms with E-state index in [0.29, 0.717) is 6.07 Å². The number of aliphatic carboxylic acids is 1. The molecule has 1 aliphatic rings. The van der Waals surface area contributed by atoms with Crippen LogP contribution in [0.1, 0.15) is 6.42 Å². The summed E-state index contributed by atoms with van der Waals surface area (Å²) < 4.78 is 118.